The first-order valence-corrected chi connectivity index (χ1v) is 13.4. The van der Waals surface area contributed by atoms with Crippen molar-refractivity contribution in [3.05, 3.63) is 66.2 Å². The summed E-state index contributed by atoms with van der Waals surface area (Å²) in [5.74, 6) is -0.959. The molecule has 1 aromatic heterocycles. The van der Waals surface area contributed by atoms with Crippen molar-refractivity contribution < 1.29 is 31.9 Å². The van der Waals surface area contributed by atoms with E-state index in [1.54, 1.807) is 12.1 Å². The van der Waals surface area contributed by atoms with Gasteiger partial charge in [-0.3, -0.25) is 4.79 Å². The van der Waals surface area contributed by atoms with E-state index in [4.69, 9.17) is 13.9 Å². The Labute approximate surface area is 214 Å². The molecule has 1 N–H and O–H groups in total. The Bertz CT molecular complexity index is 1590. The molecule has 1 fully saturated rings. The molecule has 192 valence electrons. The minimum Gasteiger partial charge on any atom is -0.495 e. The van der Waals surface area contributed by atoms with Gasteiger partial charge in [0.2, 0.25) is 10.0 Å². The molecule has 0 unspecified atom stereocenters. The van der Waals surface area contributed by atoms with Crippen LogP contribution in [0.2, 0.25) is 0 Å². The largest absolute Gasteiger partial charge is 0.495 e. The standard InChI is InChI=1S/C27H26N2O7S/c1-34-25-15-21-20-10-3-4-11-23(20)36-24(21)16-22(25)28-26(30)17-35-27(31)18-8-7-9-19(14-18)37(32,33)29-12-5-2-6-13-29/h3-4,7-11,14-16H,2,5-6,12-13,17H2,1H3,(H,28,30). The van der Waals surface area contributed by atoms with Crippen molar-refractivity contribution in [2.24, 2.45) is 0 Å². The van der Waals surface area contributed by atoms with E-state index in [1.807, 2.05) is 24.3 Å². The highest BCUT2D eigenvalue weighted by Gasteiger charge is 2.26. The van der Waals surface area contributed by atoms with Gasteiger partial charge in [0.1, 0.15) is 16.9 Å². The van der Waals surface area contributed by atoms with Gasteiger partial charge in [-0.05, 0) is 43.2 Å². The van der Waals surface area contributed by atoms with Crippen molar-refractivity contribution in [3.63, 3.8) is 0 Å². The van der Waals surface area contributed by atoms with Crippen molar-refractivity contribution in [1.29, 1.82) is 0 Å². The number of methoxy groups -OCH3 is 1. The summed E-state index contributed by atoms with van der Waals surface area (Å²) in [6.45, 7) is 0.351. The molecule has 3 aromatic carbocycles. The fourth-order valence-corrected chi connectivity index (χ4v) is 6.02. The lowest BCUT2D eigenvalue weighted by atomic mass is 10.1. The topological polar surface area (TPSA) is 115 Å². The van der Waals surface area contributed by atoms with Gasteiger partial charge in [-0.2, -0.15) is 4.31 Å². The molecule has 4 aromatic rings. The van der Waals surface area contributed by atoms with E-state index >= 15 is 0 Å². The van der Waals surface area contributed by atoms with Crippen molar-refractivity contribution in [2.75, 3.05) is 32.1 Å². The number of benzene rings is 3. The zero-order chi connectivity index (χ0) is 26.0. The molecular weight excluding hydrogens is 496 g/mol. The number of rotatable bonds is 7. The number of amides is 1. The number of fused-ring (bicyclic) bond motifs is 3. The van der Waals surface area contributed by atoms with Crippen molar-refractivity contribution in [2.45, 2.75) is 24.2 Å². The molecule has 0 radical (unpaired) electrons. The number of carbonyl (C=O) groups excluding carboxylic acids is 2. The summed E-state index contributed by atoms with van der Waals surface area (Å²) >= 11 is 0. The molecule has 5 rings (SSSR count). The summed E-state index contributed by atoms with van der Waals surface area (Å²) in [5.41, 5.74) is 1.69. The van der Waals surface area contributed by atoms with Gasteiger partial charge in [0.15, 0.2) is 6.61 Å². The number of piperidine rings is 1. The van der Waals surface area contributed by atoms with Crippen molar-refractivity contribution >= 4 is 49.5 Å². The second-order valence-electron chi connectivity index (χ2n) is 8.76. The molecule has 2 heterocycles. The number of hydrogen-bond donors (Lipinski definition) is 1. The number of nitrogens with one attached hydrogen (secondary N) is 1. The SMILES string of the molecule is COc1cc2c(cc1NC(=O)COC(=O)c1cccc(S(=O)(=O)N3CCCCC3)c1)oc1ccccc12. The van der Waals surface area contributed by atoms with E-state index in [0.717, 1.165) is 30.0 Å². The molecule has 9 nitrogen and oxygen atoms in total. The number of furan rings is 1. The predicted octanol–water partition coefficient (Wildman–Crippen LogP) is 4.56. The van der Waals surface area contributed by atoms with Crippen LogP contribution < -0.4 is 10.1 Å². The summed E-state index contributed by atoms with van der Waals surface area (Å²) in [6, 6.07) is 16.7. The molecule has 0 spiro atoms. The third-order valence-corrected chi connectivity index (χ3v) is 8.22. The normalized spacial score (nSPS) is 14.5. The number of ether oxygens (including phenoxy) is 2. The molecule has 0 atom stereocenters. The molecule has 1 amide bonds. The average molecular weight is 523 g/mol. The van der Waals surface area contributed by atoms with Crippen LogP contribution in [0.3, 0.4) is 0 Å². The van der Waals surface area contributed by atoms with Crippen LogP contribution in [0, 0.1) is 0 Å². The second-order valence-corrected chi connectivity index (χ2v) is 10.7. The van der Waals surface area contributed by atoms with Gasteiger partial charge in [-0.1, -0.05) is 30.7 Å². The molecule has 0 bridgehead atoms. The fourth-order valence-electron chi connectivity index (χ4n) is 4.46. The smallest absolute Gasteiger partial charge is 0.338 e. The average Bonchev–Trinajstić information content (AvgIpc) is 3.29. The zero-order valence-electron chi connectivity index (χ0n) is 20.2. The minimum atomic E-state index is -3.70. The first kappa shape index (κ1) is 24.8. The van der Waals surface area contributed by atoms with Gasteiger partial charge in [0.25, 0.3) is 5.91 Å². The molecule has 1 saturated heterocycles. The molecule has 0 aliphatic carbocycles. The quantitative estimate of drug-likeness (QED) is 0.354. The van der Waals surface area contributed by atoms with Gasteiger partial charge in [0.05, 0.1) is 23.3 Å². The van der Waals surface area contributed by atoms with Crippen LogP contribution in [-0.2, 0) is 19.6 Å². The first-order chi connectivity index (χ1) is 17.9. The summed E-state index contributed by atoms with van der Waals surface area (Å²) in [7, 11) is -2.21. The van der Waals surface area contributed by atoms with Gasteiger partial charge < -0.3 is 19.2 Å². The fraction of sp³-hybridized carbons (Fsp3) is 0.259. The Hall–Kier alpha value is -3.89. The monoisotopic (exact) mass is 522 g/mol. The summed E-state index contributed by atoms with van der Waals surface area (Å²) in [5, 5.41) is 4.45. The summed E-state index contributed by atoms with van der Waals surface area (Å²) in [4.78, 5) is 25.2. The number of para-hydroxylation sites is 1. The summed E-state index contributed by atoms with van der Waals surface area (Å²) < 4.78 is 43.8. The highest BCUT2D eigenvalue weighted by molar-refractivity contribution is 7.89. The van der Waals surface area contributed by atoms with Crippen LogP contribution >= 0.6 is 0 Å². The van der Waals surface area contributed by atoms with Crippen LogP contribution in [0.15, 0.2) is 70.0 Å². The lowest BCUT2D eigenvalue weighted by molar-refractivity contribution is -0.119. The van der Waals surface area contributed by atoms with Crippen LogP contribution in [0.1, 0.15) is 29.6 Å². The van der Waals surface area contributed by atoms with Crippen molar-refractivity contribution in [3.8, 4) is 5.75 Å². The van der Waals surface area contributed by atoms with E-state index in [1.165, 1.54) is 35.7 Å². The number of nitrogens with zero attached hydrogens (tertiary/aromatic N) is 1. The maximum atomic E-state index is 12.9. The Balaban J connectivity index is 1.27. The van der Waals surface area contributed by atoms with E-state index in [0.29, 0.717) is 35.7 Å². The maximum Gasteiger partial charge on any atom is 0.338 e. The van der Waals surface area contributed by atoms with Crippen LogP contribution in [0.4, 0.5) is 5.69 Å². The molecule has 1 aliphatic rings. The second kappa shape index (κ2) is 10.2. The molecule has 10 heteroatoms. The highest BCUT2D eigenvalue weighted by Crippen LogP contribution is 2.36. The van der Waals surface area contributed by atoms with Crippen LogP contribution in [0.5, 0.6) is 5.75 Å². The molecule has 0 saturated carbocycles. The van der Waals surface area contributed by atoms with Gasteiger partial charge in [-0.25, -0.2) is 13.2 Å². The minimum absolute atomic E-state index is 0.0252. The zero-order valence-corrected chi connectivity index (χ0v) is 21.0. The Morgan fingerprint density at radius 1 is 0.946 bits per heavy atom. The van der Waals surface area contributed by atoms with E-state index in [9.17, 15) is 18.0 Å². The molecule has 37 heavy (non-hydrogen) atoms. The van der Waals surface area contributed by atoms with E-state index in [2.05, 4.69) is 5.32 Å². The van der Waals surface area contributed by atoms with E-state index in [-0.39, 0.29) is 10.5 Å². The lowest BCUT2D eigenvalue weighted by Gasteiger charge is -2.25. The van der Waals surface area contributed by atoms with Crippen LogP contribution in [-0.4, -0.2) is 51.4 Å². The Morgan fingerprint density at radius 3 is 2.51 bits per heavy atom. The number of carbonyl (C=O) groups is 2. The number of anilines is 1. The number of hydrogen-bond acceptors (Lipinski definition) is 7. The molecule has 1 aliphatic heterocycles. The highest BCUT2D eigenvalue weighted by atomic mass is 32.2. The summed E-state index contributed by atoms with van der Waals surface area (Å²) in [6.07, 6.45) is 2.62. The first-order valence-electron chi connectivity index (χ1n) is 11.9. The van der Waals surface area contributed by atoms with Crippen molar-refractivity contribution in [1.82, 2.24) is 4.31 Å². The van der Waals surface area contributed by atoms with Gasteiger partial charge >= 0.3 is 5.97 Å². The van der Waals surface area contributed by atoms with Gasteiger partial charge in [0, 0.05) is 29.9 Å². The Morgan fingerprint density at radius 2 is 1.73 bits per heavy atom. The number of esters is 1. The van der Waals surface area contributed by atoms with Gasteiger partial charge in [-0.15, -0.1) is 0 Å². The Kier molecular flexibility index (Phi) is 6.86. The predicted molar refractivity (Wildman–Crippen MR) is 138 cm³/mol. The van der Waals surface area contributed by atoms with E-state index < -0.39 is 28.5 Å². The van der Waals surface area contributed by atoms with Crippen LogP contribution in [0.25, 0.3) is 21.9 Å². The maximum absolute atomic E-state index is 12.9. The third kappa shape index (κ3) is 5.03. The lowest BCUT2D eigenvalue weighted by Crippen LogP contribution is -2.35. The number of sulfonamides is 1. The third-order valence-electron chi connectivity index (χ3n) is 6.33. The molecular formula is C27H26N2O7S.